The summed E-state index contributed by atoms with van der Waals surface area (Å²) in [5.74, 6) is -1.18. The molecular weight excluding hydrogens is 414 g/mol. The van der Waals surface area contributed by atoms with E-state index in [-0.39, 0.29) is 24.4 Å². The molecule has 4 rings (SSSR count). The van der Waals surface area contributed by atoms with Crippen molar-refractivity contribution in [1.82, 2.24) is 15.3 Å². The van der Waals surface area contributed by atoms with Gasteiger partial charge in [-0.3, -0.25) is 0 Å². The molecule has 0 saturated carbocycles. The summed E-state index contributed by atoms with van der Waals surface area (Å²) in [5.41, 5.74) is 13.3. The van der Waals surface area contributed by atoms with Crippen molar-refractivity contribution in [3.63, 3.8) is 0 Å². The molecule has 7 nitrogen and oxygen atoms in total. The molecule has 32 heavy (non-hydrogen) atoms. The maximum atomic E-state index is 14.5. The van der Waals surface area contributed by atoms with Crippen molar-refractivity contribution in [3.05, 3.63) is 59.1 Å². The van der Waals surface area contributed by atoms with Gasteiger partial charge < -0.3 is 26.8 Å². The van der Waals surface area contributed by atoms with Gasteiger partial charge in [-0.05, 0) is 24.6 Å². The first-order valence-electron chi connectivity index (χ1n) is 10.8. The van der Waals surface area contributed by atoms with Crippen LogP contribution in [0.3, 0.4) is 0 Å². The quantitative estimate of drug-likeness (QED) is 0.563. The van der Waals surface area contributed by atoms with E-state index >= 15 is 0 Å². The minimum absolute atomic E-state index is 0.0305. The molecule has 1 fully saturated rings. The minimum Gasteiger partial charge on any atom is -0.400 e. The van der Waals surface area contributed by atoms with Gasteiger partial charge in [-0.25, -0.2) is 18.7 Å². The fourth-order valence-corrected chi connectivity index (χ4v) is 4.14. The van der Waals surface area contributed by atoms with Gasteiger partial charge in [0.05, 0.1) is 11.7 Å². The first-order chi connectivity index (χ1) is 15.4. The predicted octanol–water partition coefficient (Wildman–Crippen LogP) is 2.76. The number of nitrogens with zero attached hydrogens (tertiary/aromatic N) is 3. The highest BCUT2D eigenvalue weighted by Crippen LogP contribution is 2.38. The summed E-state index contributed by atoms with van der Waals surface area (Å²) in [6.07, 6.45) is 2.01. The number of anilines is 2. The van der Waals surface area contributed by atoms with Crippen LogP contribution in [0.5, 0.6) is 0 Å². The highest BCUT2D eigenvalue weighted by Gasteiger charge is 2.32. The lowest BCUT2D eigenvalue weighted by Crippen LogP contribution is -2.43. The van der Waals surface area contributed by atoms with Gasteiger partial charge in [-0.2, -0.15) is 0 Å². The van der Waals surface area contributed by atoms with Crippen LogP contribution in [0.2, 0.25) is 0 Å². The van der Waals surface area contributed by atoms with Gasteiger partial charge in [0.25, 0.3) is 0 Å². The fraction of sp³-hybridized carbons (Fsp3) is 0.391. The minimum atomic E-state index is -1.44. The third kappa shape index (κ3) is 4.31. The van der Waals surface area contributed by atoms with E-state index in [0.29, 0.717) is 5.56 Å². The molecule has 2 aliphatic rings. The van der Waals surface area contributed by atoms with Crippen LogP contribution in [-0.4, -0.2) is 47.4 Å². The van der Waals surface area contributed by atoms with Gasteiger partial charge in [-0.1, -0.05) is 6.92 Å². The number of halogens is 2. The number of nitrogens with two attached hydrogens (primary N) is 2. The average molecular weight is 443 g/mol. The maximum absolute atomic E-state index is 14.5. The molecule has 1 aliphatic carbocycles. The summed E-state index contributed by atoms with van der Waals surface area (Å²) < 4.78 is 28.8. The van der Waals surface area contributed by atoms with Gasteiger partial charge in [0.15, 0.2) is 0 Å². The van der Waals surface area contributed by atoms with Crippen LogP contribution in [0.15, 0.2) is 53.5 Å². The molecule has 1 saturated heterocycles. The molecule has 2 atom stereocenters. The number of allylic oxidation sites excluding steroid dienone is 2. The Bertz CT molecular complexity index is 1050. The maximum Gasteiger partial charge on any atom is 0.150 e. The molecule has 0 bridgehead atoms. The van der Waals surface area contributed by atoms with E-state index in [9.17, 15) is 13.9 Å². The Labute approximate surface area is 185 Å². The van der Waals surface area contributed by atoms with E-state index in [0.717, 1.165) is 43.1 Å². The number of rotatable bonds is 5. The van der Waals surface area contributed by atoms with Crippen LogP contribution in [-0.2, 0) is 0 Å². The third-order valence-electron chi connectivity index (χ3n) is 6.16. The van der Waals surface area contributed by atoms with E-state index < -0.39 is 29.2 Å². The molecule has 3 heterocycles. The van der Waals surface area contributed by atoms with Gasteiger partial charge in [0, 0.05) is 73.3 Å². The second-order valence-corrected chi connectivity index (χ2v) is 8.23. The summed E-state index contributed by atoms with van der Waals surface area (Å²) >= 11 is 0. The average Bonchev–Trinajstić information content (AvgIpc) is 2.82. The SMILES string of the molecule is CC(c1cc(-c2ccc(N3CCNCC3)nc2)cnc1N)C(O)C1=C(F)CCC(N)=C1F. The third-order valence-corrected chi connectivity index (χ3v) is 6.16. The summed E-state index contributed by atoms with van der Waals surface area (Å²) in [7, 11) is 0. The molecule has 1 aliphatic heterocycles. The Kier molecular flexibility index (Phi) is 6.38. The largest absolute Gasteiger partial charge is 0.400 e. The zero-order valence-electron chi connectivity index (χ0n) is 18.0. The van der Waals surface area contributed by atoms with Crippen LogP contribution in [0.25, 0.3) is 11.1 Å². The molecular formula is C23H28F2N6O. The Hall–Kier alpha value is -3.04. The second kappa shape index (κ2) is 9.22. The summed E-state index contributed by atoms with van der Waals surface area (Å²) in [6, 6.07) is 5.69. The normalized spacial score (nSPS) is 19.3. The highest BCUT2D eigenvalue weighted by molar-refractivity contribution is 5.66. The lowest BCUT2D eigenvalue weighted by atomic mass is 9.86. The van der Waals surface area contributed by atoms with E-state index in [1.165, 1.54) is 0 Å². The highest BCUT2D eigenvalue weighted by atomic mass is 19.1. The number of aromatic nitrogens is 2. The van der Waals surface area contributed by atoms with Crippen molar-refractivity contribution >= 4 is 11.6 Å². The van der Waals surface area contributed by atoms with Crippen molar-refractivity contribution in [2.45, 2.75) is 31.8 Å². The summed E-state index contributed by atoms with van der Waals surface area (Å²) in [4.78, 5) is 11.0. The molecule has 9 heteroatoms. The molecule has 0 aromatic carbocycles. The van der Waals surface area contributed by atoms with Crippen molar-refractivity contribution in [3.8, 4) is 11.1 Å². The van der Waals surface area contributed by atoms with Crippen molar-refractivity contribution in [2.24, 2.45) is 5.73 Å². The van der Waals surface area contributed by atoms with Crippen LogP contribution < -0.4 is 21.7 Å². The zero-order chi connectivity index (χ0) is 22.8. The Morgan fingerprint density at radius 1 is 1.06 bits per heavy atom. The van der Waals surface area contributed by atoms with E-state index in [1.54, 1.807) is 25.4 Å². The standard InChI is InChI=1S/C23H28F2N6O/c1-13(22(32)20-17(24)3-4-18(26)21(20)25)16-10-15(12-30-23(16)27)14-2-5-19(29-11-14)31-8-6-28-7-9-31/h2,5,10-13,22,28,32H,3-4,6-9,26H2,1H3,(H2,27,30). The monoisotopic (exact) mass is 442 g/mol. The molecule has 170 valence electrons. The predicted molar refractivity (Wildman–Crippen MR) is 121 cm³/mol. The molecule has 6 N–H and O–H groups in total. The number of hydrogen-bond acceptors (Lipinski definition) is 7. The van der Waals surface area contributed by atoms with Crippen LogP contribution in [0.4, 0.5) is 20.4 Å². The number of piperazine rings is 1. The lowest BCUT2D eigenvalue weighted by molar-refractivity contribution is 0.177. The molecule has 0 spiro atoms. The molecule has 2 aromatic rings. The number of aliphatic hydroxyl groups is 1. The Balaban J connectivity index is 1.60. The summed E-state index contributed by atoms with van der Waals surface area (Å²) in [6.45, 7) is 5.31. The van der Waals surface area contributed by atoms with Crippen LogP contribution in [0, 0.1) is 0 Å². The van der Waals surface area contributed by atoms with Crippen molar-refractivity contribution < 1.29 is 13.9 Å². The number of aliphatic hydroxyl groups excluding tert-OH is 1. The number of pyridine rings is 2. The molecule has 2 aromatic heterocycles. The van der Waals surface area contributed by atoms with Crippen LogP contribution in [0.1, 0.15) is 31.2 Å². The lowest BCUT2D eigenvalue weighted by Gasteiger charge is -2.28. The number of nitrogen functional groups attached to an aromatic ring is 1. The van der Waals surface area contributed by atoms with E-state index in [4.69, 9.17) is 11.5 Å². The summed E-state index contributed by atoms with van der Waals surface area (Å²) in [5, 5.41) is 14.1. The Morgan fingerprint density at radius 2 is 1.78 bits per heavy atom. The molecule has 0 amide bonds. The van der Waals surface area contributed by atoms with E-state index in [2.05, 4.69) is 20.2 Å². The van der Waals surface area contributed by atoms with Gasteiger partial charge in [-0.15, -0.1) is 0 Å². The number of hydrogen-bond donors (Lipinski definition) is 4. The topological polar surface area (TPSA) is 113 Å². The number of nitrogens with one attached hydrogen (secondary N) is 1. The van der Waals surface area contributed by atoms with Gasteiger partial charge in [0.2, 0.25) is 0 Å². The van der Waals surface area contributed by atoms with Gasteiger partial charge in [0.1, 0.15) is 23.3 Å². The van der Waals surface area contributed by atoms with E-state index in [1.807, 2.05) is 12.1 Å². The zero-order valence-corrected chi connectivity index (χ0v) is 18.0. The van der Waals surface area contributed by atoms with Gasteiger partial charge >= 0.3 is 0 Å². The smallest absolute Gasteiger partial charge is 0.150 e. The van der Waals surface area contributed by atoms with Crippen molar-refractivity contribution in [2.75, 3.05) is 36.8 Å². The first kappa shape index (κ1) is 22.2. The van der Waals surface area contributed by atoms with Crippen LogP contribution >= 0.6 is 0 Å². The second-order valence-electron chi connectivity index (χ2n) is 8.23. The Morgan fingerprint density at radius 3 is 2.47 bits per heavy atom. The first-order valence-corrected chi connectivity index (χ1v) is 10.8. The fourth-order valence-electron chi connectivity index (χ4n) is 4.14. The molecule has 0 radical (unpaired) electrons. The molecule has 2 unspecified atom stereocenters. The van der Waals surface area contributed by atoms with Crippen molar-refractivity contribution in [1.29, 1.82) is 0 Å².